The zero-order chi connectivity index (χ0) is 11.8. The van der Waals surface area contributed by atoms with E-state index in [1.807, 2.05) is 19.1 Å². The molecule has 1 aromatic rings. The van der Waals surface area contributed by atoms with Crippen molar-refractivity contribution < 1.29 is 17.9 Å². The van der Waals surface area contributed by atoms with Crippen molar-refractivity contribution in [3.05, 3.63) is 23.7 Å². The minimum Gasteiger partial charge on any atom is -0.465 e. The van der Waals surface area contributed by atoms with Crippen LogP contribution < -0.4 is 5.32 Å². The van der Waals surface area contributed by atoms with E-state index in [0.717, 1.165) is 11.5 Å². The maximum absolute atomic E-state index is 11.2. The number of hydrogen-bond donors (Lipinski definition) is 2. The van der Waals surface area contributed by atoms with E-state index in [2.05, 4.69) is 5.32 Å². The quantitative estimate of drug-likeness (QED) is 0.773. The predicted octanol–water partition coefficient (Wildman–Crippen LogP) is -0.164. The van der Waals surface area contributed by atoms with Gasteiger partial charge in [-0.2, -0.15) is 0 Å². The van der Waals surface area contributed by atoms with Crippen molar-refractivity contribution >= 4 is 9.84 Å². The second kappa shape index (κ2) is 4.20. The lowest BCUT2D eigenvalue weighted by Gasteiger charge is -2.13. The molecule has 0 radical (unpaired) electrons. The van der Waals surface area contributed by atoms with E-state index in [4.69, 9.17) is 4.42 Å². The third-order valence-electron chi connectivity index (χ3n) is 2.66. The fourth-order valence-corrected chi connectivity index (χ4v) is 3.61. The lowest BCUT2D eigenvalue weighted by Crippen LogP contribution is -2.38. The Balaban J connectivity index is 1.92. The molecule has 16 heavy (non-hydrogen) atoms. The van der Waals surface area contributed by atoms with Gasteiger partial charge in [-0.15, -0.1) is 0 Å². The average Bonchev–Trinajstić information content (AvgIpc) is 2.67. The molecule has 0 bridgehead atoms. The first kappa shape index (κ1) is 11.6. The van der Waals surface area contributed by atoms with Crippen molar-refractivity contribution in [1.82, 2.24) is 5.32 Å². The number of sulfone groups is 1. The number of hydrogen-bond acceptors (Lipinski definition) is 5. The van der Waals surface area contributed by atoms with Crippen molar-refractivity contribution in [3.63, 3.8) is 0 Å². The SMILES string of the molecule is Cc1ccc(CNC2CS(=O)(=O)CC2O)o1. The minimum absolute atomic E-state index is 0.00609. The molecule has 0 saturated carbocycles. The fraction of sp³-hybridized carbons (Fsp3) is 0.600. The standard InChI is InChI=1S/C10H15NO4S/c1-7-2-3-8(15-7)4-11-9-5-16(13,14)6-10(9)12/h2-3,9-12H,4-6H2,1H3. The van der Waals surface area contributed by atoms with E-state index in [1.165, 1.54) is 0 Å². The van der Waals surface area contributed by atoms with E-state index < -0.39 is 22.0 Å². The zero-order valence-electron chi connectivity index (χ0n) is 9.01. The van der Waals surface area contributed by atoms with Gasteiger partial charge >= 0.3 is 0 Å². The number of rotatable bonds is 3. The van der Waals surface area contributed by atoms with E-state index in [1.54, 1.807) is 0 Å². The molecule has 2 unspecified atom stereocenters. The molecule has 1 aromatic heterocycles. The first-order chi connectivity index (χ1) is 7.46. The lowest BCUT2D eigenvalue weighted by atomic mass is 10.2. The van der Waals surface area contributed by atoms with E-state index in [9.17, 15) is 13.5 Å². The normalized spacial score (nSPS) is 28.4. The first-order valence-corrected chi connectivity index (χ1v) is 6.95. The molecule has 1 fully saturated rings. The number of aliphatic hydroxyl groups is 1. The molecular weight excluding hydrogens is 230 g/mol. The van der Waals surface area contributed by atoms with Gasteiger partial charge in [0.2, 0.25) is 0 Å². The second-order valence-corrected chi connectivity index (χ2v) is 6.30. The number of furan rings is 1. The smallest absolute Gasteiger partial charge is 0.154 e. The minimum atomic E-state index is -3.09. The lowest BCUT2D eigenvalue weighted by molar-refractivity contribution is 0.164. The fourth-order valence-electron chi connectivity index (χ4n) is 1.84. The van der Waals surface area contributed by atoms with Crippen LogP contribution in [0.25, 0.3) is 0 Å². The third-order valence-corrected chi connectivity index (χ3v) is 4.37. The van der Waals surface area contributed by atoms with Gasteiger partial charge in [-0.1, -0.05) is 0 Å². The molecular formula is C10H15NO4S. The Kier molecular flexibility index (Phi) is 3.05. The van der Waals surface area contributed by atoms with Gasteiger partial charge in [-0.25, -0.2) is 8.42 Å². The van der Waals surface area contributed by atoms with Crippen LogP contribution in [0.5, 0.6) is 0 Å². The van der Waals surface area contributed by atoms with Gasteiger partial charge in [0.1, 0.15) is 11.5 Å². The van der Waals surface area contributed by atoms with Gasteiger partial charge < -0.3 is 14.8 Å². The highest BCUT2D eigenvalue weighted by Crippen LogP contribution is 2.13. The second-order valence-electron chi connectivity index (χ2n) is 4.14. The summed E-state index contributed by atoms with van der Waals surface area (Å²) in [5, 5.41) is 12.5. The van der Waals surface area contributed by atoms with Crippen LogP contribution in [0.15, 0.2) is 16.5 Å². The Morgan fingerprint density at radius 2 is 2.25 bits per heavy atom. The molecule has 2 rings (SSSR count). The van der Waals surface area contributed by atoms with Crippen LogP contribution in [0.1, 0.15) is 11.5 Å². The van der Waals surface area contributed by atoms with Crippen molar-refractivity contribution in [2.45, 2.75) is 25.6 Å². The Hall–Kier alpha value is -0.850. The number of nitrogens with one attached hydrogen (secondary N) is 1. The summed E-state index contributed by atoms with van der Waals surface area (Å²) < 4.78 is 27.8. The first-order valence-electron chi connectivity index (χ1n) is 5.13. The number of aliphatic hydroxyl groups excluding tert-OH is 1. The summed E-state index contributed by atoms with van der Waals surface area (Å²) in [5.41, 5.74) is 0. The van der Waals surface area contributed by atoms with Gasteiger partial charge in [0, 0.05) is 6.04 Å². The molecule has 5 nitrogen and oxygen atoms in total. The molecule has 1 saturated heterocycles. The summed E-state index contributed by atoms with van der Waals surface area (Å²) in [6.07, 6.45) is -0.818. The number of aryl methyl sites for hydroxylation is 1. The Morgan fingerprint density at radius 3 is 2.75 bits per heavy atom. The molecule has 0 aromatic carbocycles. The summed E-state index contributed by atoms with van der Waals surface area (Å²) in [6.45, 7) is 2.28. The van der Waals surface area contributed by atoms with Gasteiger partial charge in [-0.3, -0.25) is 0 Å². The molecule has 1 aliphatic heterocycles. The monoisotopic (exact) mass is 245 g/mol. The molecule has 0 aliphatic carbocycles. The molecule has 6 heteroatoms. The van der Waals surface area contributed by atoms with Crippen LogP contribution in [0, 0.1) is 6.92 Å². The van der Waals surface area contributed by atoms with Crippen LogP contribution in [0.4, 0.5) is 0 Å². The van der Waals surface area contributed by atoms with Crippen molar-refractivity contribution in [3.8, 4) is 0 Å². The molecule has 90 valence electrons. The molecule has 2 atom stereocenters. The highest BCUT2D eigenvalue weighted by Gasteiger charge is 2.35. The summed E-state index contributed by atoms with van der Waals surface area (Å²) in [7, 11) is -3.09. The van der Waals surface area contributed by atoms with Gasteiger partial charge in [0.15, 0.2) is 9.84 Å². The predicted molar refractivity (Wildman–Crippen MR) is 58.7 cm³/mol. The molecule has 0 spiro atoms. The highest BCUT2D eigenvalue weighted by molar-refractivity contribution is 7.91. The van der Waals surface area contributed by atoms with Gasteiger partial charge in [0.05, 0.1) is 24.2 Å². The third kappa shape index (κ3) is 2.63. The topological polar surface area (TPSA) is 79.5 Å². The van der Waals surface area contributed by atoms with Crippen LogP contribution in [0.2, 0.25) is 0 Å². The maximum Gasteiger partial charge on any atom is 0.154 e. The molecule has 2 heterocycles. The van der Waals surface area contributed by atoms with Crippen LogP contribution in [0.3, 0.4) is 0 Å². The largest absolute Gasteiger partial charge is 0.465 e. The van der Waals surface area contributed by atoms with Crippen molar-refractivity contribution in [2.24, 2.45) is 0 Å². The Morgan fingerprint density at radius 1 is 1.50 bits per heavy atom. The van der Waals surface area contributed by atoms with E-state index in [0.29, 0.717) is 6.54 Å². The summed E-state index contributed by atoms with van der Waals surface area (Å²) in [6, 6.07) is 3.28. The summed E-state index contributed by atoms with van der Waals surface area (Å²) in [5.74, 6) is 1.40. The van der Waals surface area contributed by atoms with Gasteiger partial charge in [0.25, 0.3) is 0 Å². The molecule has 2 N–H and O–H groups in total. The molecule has 1 aliphatic rings. The highest BCUT2D eigenvalue weighted by atomic mass is 32.2. The summed E-state index contributed by atoms with van der Waals surface area (Å²) >= 11 is 0. The van der Waals surface area contributed by atoms with E-state index >= 15 is 0 Å². The van der Waals surface area contributed by atoms with Gasteiger partial charge in [-0.05, 0) is 19.1 Å². The maximum atomic E-state index is 11.2. The van der Waals surface area contributed by atoms with Crippen molar-refractivity contribution in [2.75, 3.05) is 11.5 Å². The van der Waals surface area contributed by atoms with Crippen LogP contribution in [-0.2, 0) is 16.4 Å². The zero-order valence-corrected chi connectivity index (χ0v) is 9.83. The Bertz CT molecular complexity index is 465. The van der Waals surface area contributed by atoms with Crippen LogP contribution in [-0.4, -0.2) is 37.2 Å². The van der Waals surface area contributed by atoms with Crippen LogP contribution >= 0.6 is 0 Å². The Labute approximate surface area is 94.4 Å². The molecule has 0 amide bonds. The van der Waals surface area contributed by atoms with E-state index in [-0.39, 0.29) is 11.5 Å². The summed E-state index contributed by atoms with van der Waals surface area (Å²) in [4.78, 5) is 0. The average molecular weight is 245 g/mol. The van der Waals surface area contributed by atoms with Crippen molar-refractivity contribution in [1.29, 1.82) is 0 Å².